The van der Waals surface area contributed by atoms with Gasteiger partial charge in [-0.05, 0) is 76.0 Å². The molecule has 2 saturated carbocycles. The van der Waals surface area contributed by atoms with Crippen LogP contribution >= 0.6 is 0 Å². The van der Waals surface area contributed by atoms with Gasteiger partial charge in [0, 0.05) is 29.9 Å². The number of carbonyl (C=O) groups excluding carboxylic acids is 2. The highest BCUT2D eigenvalue weighted by atomic mass is 16.5. The van der Waals surface area contributed by atoms with Crippen LogP contribution in [0.15, 0.2) is 24.3 Å². The van der Waals surface area contributed by atoms with Crippen molar-refractivity contribution in [1.82, 2.24) is 0 Å². The molecule has 2 rings (SSSR count). The van der Waals surface area contributed by atoms with Gasteiger partial charge in [0.2, 0.25) is 0 Å². The van der Waals surface area contributed by atoms with Crippen molar-refractivity contribution in [3.05, 3.63) is 24.3 Å². The van der Waals surface area contributed by atoms with E-state index in [-0.39, 0.29) is 43.1 Å². The molecule has 230 valence electrons. The quantitative estimate of drug-likeness (QED) is 0.103. The van der Waals surface area contributed by atoms with E-state index >= 15 is 0 Å². The van der Waals surface area contributed by atoms with E-state index in [1.54, 1.807) is 13.8 Å². The highest BCUT2D eigenvalue weighted by Gasteiger charge is 2.31. The molecule has 0 radical (unpaired) electrons. The maximum absolute atomic E-state index is 12.3. The molecule has 0 aromatic carbocycles. The molecule has 0 spiro atoms. The van der Waals surface area contributed by atoms with Crippen molar-refractivity contribution in [3.8, 4) is 0 Å². The lowest BCUT2D eigenvalue weighted by Gasteiger charge is -2.38. The van der Waals surface area contributed by atoms with Crippen molar-refractivity contribution >= 4 is 11.9 Å². The second kappa shape index (κ2) is 18.7. The van der Waals surface area contributed by atoms with Gasteiger partial charge in [-0.2, -0.15) is 0 Å². The third kappa shape index (κ3) is 13.3. The summed E-state index contributed by atoms with van der Waals surface area (Å²) in [6.07, 6.45) is 17.2. The maximum Gasteiger partial charge on any atom is 0.333 e. The lowest BCUT2D eigenvalue weighted by atomic mass is 9.68. The Labute approximate surface area is 244 Å². The molecule has 0 aromatic heterocycles. The molecule has 0 heterocycles. The molecule has 0 bridgehead atoms. The highest BCUT2D eigenvalue weighted by molar-refractivity contribution is 5.88. The summed E-state index contributed by atoms with van der Waals surface area (Å²) in [7, 11) is 0. The van der Waals surface area contributed by atoms with Crippen LogP contribution in [-0.4, -0.2) is 47.6 Å². The fourth-order valence-corrected chi connectivity index (χ4v) is 6.74. The number of esters is 2. The van der Waals surface area contributed by atoms with E-state index in [2.05, 4.69) is 20.1 Å². The van der Waals surface area contributed by atoms with E-state index in [0.29, 0.717) is 5.92 Å². The van der Waals surface area contributed by atoms with Crippen LogP contribution in [0.3, 0.4) is 0 Å². The Bertz CT molecular complexity index is 733. The summed E-state index contributed by atoms with van der Waals surface area (Å²) >= 11 is 0. The molecule has 0 amide bonds. The smallest absolute Gasteiger partial charge is 0.333 e. The van der Waals surface area contributed by atoms with E-state index in [9.17, 15) is 19.8 Å². The molecule has 0 saturated heterocycles. The molecule has 2 N–H and O–H groups in total. The molecular formula is C34H58O6. The van der Waals surface area contributed by atoms with Gasteiger partial charge in [-0.1, -0.05) is 71.4 Å². The number of aliphatic hydroxyl groups excluding tert-OH is 2. The van der Waals surface area contributed by atoms with Crippen LogP contribution in [0, 0.1) is 29.6 Å². The van der Waals surface area contributed by atoms with Crippen LogP contribution in [-0.2, 0) is 19.1 Å². The minimum atomic E-state index is -0.660. The van der Waals surface area contributed by atoms with Crippen LogP contribution in [0.1, 0.15) is 124 Å². The number of hydrogen-bond donors (Lipinski definition) is 2. The summed E-state index contributed by atoms with van der Waals surface area (Å²) < 4.78 is 11.0. The van der Waals surface area contributed by atoms with Gasteiger partial charge in [0.1, 0.15) is 0 Å². The average Bonchev–Trinajstić information content (AvgIpc) is 2.92. The highest BCUT2D eigenvalue weighted by Crippen LogP contribution is 2.43. The zero-order valence-corrected chi connectivity index (χ0v) is 25.7. The minimum absolute atomic E-state index is 0.118. The first-order valence-electron chi connectivity index (χ1n) is 16.1. The zero-order valence-electron chi connectivity index (χ0n) is 25.7. The van der Waals surface area contributed by atoms with Gasteiger partial charge in [0.05, 0.1) is 25.4 Å². The Morgan fingerprint density at radius 2 is 1.15 bits per heavy atom. The standard InChI is InChI=1S/C34H58O6/c1-6-7-8-9-28-12-16-31(17-13-28)32-18-14-29(15-19-32)10-11-30(22-39-33(37)24(2)20-26(4)35)23-40-34(38)25(3)21-27(5)36/h26-32,35-36H,2-3,6-23H2,1,4-5H3. The van der Waals surface area contributed by atoms with Crippen molar-refractivity contribution in [2.24, 2.45) is 29.6 Å². The van der Waals surface area contributed by atoms with Crippen molar-refractivity contribution in [2.75, 3.05) is 13.2 Å². The Morgan fingerprint density at radius 3 is 1.55 bits per heavy atom. The first-order valence-corrected chi connectivity index (χ1v) is 16.1. The topological polar surface area (TPSA) is 93.1 Å². The second-order valence-corrected chi connectivity index (χ2v) is 13.0. The van der Waals surface area contributed by atoms with E-state index in [1.807, 2.05) is 0 Å². The average molecular weight is 563 g/mol. The van der Waals surface area contributed by atoms with Crippen molar-refractivity contribution in [2.45, 2.75) is 136 Å². The monoisotopic (exact) mass is 562 g/mol. The Kier molecular flexibility index (Phi) is 16.2. The van der Waals surface area contributed by atoms with Gasteiger partial charge >= 0.3 is 11.9 Å². The fourth-order valence-electron chi connectivity index (χ4n) is 6.74. The number of aliphatic hydroxyl groups is 2. The van der Waals surface area contributed by atoms with Crippen LogP contribution in [0.25, 0.3) is 0 Å². The Morgan fingerprint density at radius 1 is 0.725 bits per heavy atom. The molecule has 2 aliphatic carbocycles. The van der Waals surface area contributed by atoms with Gasteiger partial charge in [0.25, 0.3) is 0 Å². The normalized spacial score (nSPS) is 25.4. The zero-order chi connectivity index (χ0) is 29.5. The van der Waals surface area contributed by atoms with Gasteiger partial charge in [-0.3, -0.25) is 0 Å². The summed E-state index contributed by atoms with van der Waals surface area (Å²) in [5.74, 6) is 2.27. The molecule has 0 aliphatic heterocycles. The van der Waals surface area contributed by atoms with Gasteiger partial charge in [0.15, 0.2) is 0 Å². The number of hydrogen-bond acceptors (Lipinski definition) is 6. The molecule has 40 heavy (non-hydrogen) atoms. The molecule has 2 atom stereocenters. The van der Waals surface area contributed by atoms with Crippen LogP contribution < -0.4 is 0 Å². The molecule has 0 aromatic rings. The summed E-state index contributed by atoms with van der Waals surface area (Å²) in [6.45, 7) is 13.2. The van der Waals surface area contributed by atoms with Crippen LogP contribution in [0.5, 0.6) is 0 Å². The molecule has 2 unspecified atom stereocenters. The molecular weight excluding hydrogens is 504 g/mol. The van der Waals surface area contributed by atoms with Crippen molar-refractivity contribution in [3.63, 3.8) is 0 Å². The largest absolute Gasteiger partial charge is 0.462 e. The van der Waals surface area contributed by atoms with Crippen molar-refractivity contribution < 1.29 is 29.3 Å². The number of carbonyl (C=O) groups is 2. The minimum Gasteiger partial charge on any atom is -0.462 e. The van der Waals surface area contributed by atoms with E-state index < -0.39 is 24.1 Å². The Hall–Kier alpha value is -1.66. The fraction of sp³-hybridized carbons (Fsp3) is 0.824. The van der Waals surface area contributed by atoms with Crippen LogP contribution in [0.2, 0.25) is 0 Å². The molecule has 2 aliphatic rings. The number of ether oxygens (including phenoxy) is 2. The lowest BCUT2D eigenvalue weighted by Crippen LogP contribution is -2.27. The van der Waals surface area contributed by atoms with Crippen LogP contribution in [0.4, 0.5) is 0 Å². The maximum atomic E-state index is 12.3. The first-order chi connectivity index (χ1) is 19.1. The number of unbranched alkanes of at least 4 members (excludes halogenated alkanes) is 2. The van der Waals surface area contributed by atoms with Crippen molar-refractivity contribution in [1.29, 1.82) is 0 Å². The molecule has 2 fully saturated rings. The first kappa shape index (κ1) is 34.5. The summed E-state index contributed by atoms with van der Waals surface area (Å²) in [4.78, 5) is 24.7. The lowest BCUT2D eigenvalue weighted by molar-refractivity contribution is -0.145. The van der Waals surface area contributed by atoms with E-state index in [4.69, 9.17) is 9.47 Å². The second-order valence-electron chi connectivity index (χ2n) is 13.0. The van der Waals surface area contributed by atoms with Gasteiger partial charge in [-0.15, -0.1) is 0 Å². The predicted molar refractivity (Wildman–Crippen MR) is 161 cm³/mol. The third-order valence-corrected chi connectivity index (χ3v) is 9.21. The van der Waals surface area contributed by atoms with Gasteiger partial charge < -0.3 is 19.7 Å². The SMILES string of the molecule is C=C(CC(C)O)C(=O)OCC(CCC1CCC(C2CCC(CCCCC)CC2)CC1)COC(=O)C(=C)CC(C)O. The summed E-state index contributed by atoms with van der Waals surface area (Å²) in [6, 6.07) is 0. The Balaban J connectivity index is 1.79. The molecule has 6 heteroatoms. The molecule has 6 nitrogen and oxygen atoms in total. The third-order valence-electron chi connectivity index (χ3n) is 9.21. The van der Waals surface area contributed by atoms with E-state index in [1.165, 1.54) is 77.0 Å². The summed E-state index contributed by atoms with van der Waals surface area (Å²) in [5.41, 5.74) is 0.480. The van der Waals surface area contributed by atoms with Gasteiger partial charge in [-0.25, -0.2) is 9.59 Å². The predicted octanol–water partition coefficient (Wildman–Crippen LogP) is 7.32. The number of rotatable bonds is 18. The van der Waals surface area contributed by atoms with E-state index in [0.717, 1.165) is 30.6 Å². The summed E-state index contributed by atoms with van der Waals surface area (Å²) in [5, 5.41) is 19.1.